The lowest BCUT2D eigenvalue weighted by atomic mass is 10.1. The fourth-order valence-corrected chi connectivity index (χ4v) is 2.93. The number of carbonyl (C=O) groups is 1. The largest absolute Gasteiger partial charge is 0.444 e. The molecule has 2 aromatic rings. The summed E-state index contributed by atoms with van der Waals surface area (Å²) < 4.78 is 7.27. The first-order chi connectivity index (χ1) is 11.8. The molecule has 1 aliphatic rings. The first-order valence-electron chi connectivity index (χ1n) is 8.57. The molecule has 1 amide bonds. The lowest BCUT2D eigenvalue weighted by molar-refractivity contribution is 0.0242. The number of ether oxygens (including phenoxy) is 1. The lowest BCUT2D eigenvalue weighted by Crippen LogP contribution is -2.33. The Balaban J connectivity index is 1.55. The monoisotopic (exact) mass is 342 g/mol. The summed E-state index contributed by atoms with van der Waals surface area (Å²) in [6.07, 6.45) is 3.63. The van der Waals surface area contributed by atoms with Crippen LogP contribution in [0.2, 0.25) is 0 Å². The zero-order valence-electron chi connectivity index (χ0n) is 15.4. The molecule has 25 heavy (non-hydrogen) atoms. The van der Waals surface area contributed by atoms with Gasteiger partial charge in [-0.1, -0.05) is 18.2 Å². The van der Waals surface area contributed by atoms with Crippen molar-refractivity contribution in [3.63, 3.8) is 0 Å². The van der Waals surface area contributed by atoms with Crippen molar-refractivity contribution >= 4 is 6.09 Å². The molecule has 1 aromatic carbocycles. The number of hydrogen-bond acceptors (Lipinski definition) is 4. The summed E-state index contributed by atoms with van der Waals surface area (Å²) in [5.74, 6) is 0. The number of aromatic nitrogens is 2. The number of amides is 1. The van der Waals surface area contributed by atoms with E-state index in [1.165, 1.54) is 22.3 Å². The van der Waals surface area contributed by atoms with Gasteiger partial charge in [-0.3, -0.25) is 9.58 Å². The molecule has 0 atom stereocenters. The highest BCUT2D eigenvalue weighted by Gasteiger charge is 2.27. The molecule has 0 unspecified atom stereocenters. The maximum atomic E-state index is 12.2. The fourth-order valence-electron chi connectivity index (χ4n) is 2.93. The predicted octanol–water partition coefficient (Wildman–Crippen LogP) is 2.96. The van der Waals surface area contributed by atoms with Crippen LogP contribution in [0.3, 0.4) is 0 Å². The molecular formula is C19H26N4O2. The number of rotatable bonds is 4. The normalized spacial score (nSPS) is 13.8. The molecule has 0 fully saturated rings. The van der Waals surface area contributed by atoms with E-state index in [1.807, 2.05) is 40.2 Å². The van der Waals surface area contributed by atoms with E-state index in [4.69, 9.17) is 4.74 Å². The van der Waals surface area contributed by atoms with Crippen LogP contribution < -0.4 is 5.32 Å². The van der Waals surface area contributed by atoms with Gasteiger partial charge in [0.15, 0.2) is 0 Å². The standard InChI is InChI=1S/C19H26N4O2/c1-19(2,3)25-18(24)23-12-16-6-5-14(7-17(16)13-23)8-20-9-15-10-21-22(4)11-15/h5-7,10-11,20H,8-9,12-13H2,1-4H3. The Morgan fingerprint density at radius 2 is 1.92 bits per heavy atom. The summed E-state index contributed by atoms with van der Waals surface area (Å²) in [5.41, 5.74) is 4.31. The van der Waals surface area contributed by atoms with E-state index in [2.05, 4.69) is 28.6 Å². The Kier molecular flexibility index (Phi) is 4.81. The van der Waals surface area contributed by atoms with Crippen LogP contribution in [0.1, 0.15) is 43.0 Å². The summed E-state index contributed by atoms with van der Waals surface area (Å²) in [4.78, 5) is 14.0. The van der Waals surface area contributed by atoms with Crippen LogP contribution in [-0.4, -0.2) is 26.4 Å². The Morgan fingerprint density at radius 3 is 2.60 bits per heavy atom. The molecule has 0 radical (unpaired) electrons. The van der Waals surface area contributed by atoms with E-state index in [0.29, 0.717) is 13.1 Å². The third-order valence-electron chi connectivity index (χ3n) is 4.06. The van der Waals surface area contributed by atoms with Gasteiger partial charge in [-0.2, -0.15) is 5.10 Å². The molecule has 0 saturated carbocycles. The number of carbonyl (C=O) groups excluding carboxylic acids is 1. The highest BCUT2D eigenvalue weighted by molar-refractivity contribution is 5.69. The molecule has 134 valence electrons. The lowest BCUT2D eigenvalue weighted by Gasteiger charge is -2.24. The van der Waals surface area contributed by atoms with E-state index in [-0.39, 0.29) is 6.09 Å². The van der Waals surface area contributed by atoms with Crippen molar-refractivity contribution in [2.45, 2.75) is 52.6 Å². The summed E-state index contributed by atoms with van der Waals surface area (Å²) in [6.45, 7) is 8.47. The van der Waals surface area contributed by atoms with Crippen molar-refractivity contribution in [3.05, 3.63) is 52.8 Å². The molecule has 0 aliphatic carbocycles. The van der Waals surface area contributed by atoms with E-state index >= 15 is 0 Å². The van der Waals surface area contributed by atoms with E-state index in [9.17, 15) is 4.79 Å². The molecule has 1 aromatic heterocycles. The summed E-state index contributed by atoms with van der Waals surface area (Å²) in [6, 6.07) is 6.41. The number of aryl methyl sites for hydroxylation is 1. The van der Waals surface area contributed by atoms with Gasteiger partial charge in [0.05, 0.1) is 6.20 Å². The summed E-state index contributed by atoms with van der Waals surface area (Å²) in [5, 5.41) is 7.60. The predicted molar refractivity (Wildman–Crippen MR) is 95.7 cm³/mol. The van der Waals surface area contributed by atoms with Crippen LogP contribution >= 0.6 is 0 Å². The van der Waals surface area contributed by atoms with Crippen molar-refractivity contribution in [2.75, 3.05) is 0 Å². The second-order valence-corrected chi connectivity index (χ2v) is 7.57. The minimum absolute atomic E-state index is 0.250. The first kappa shape index (κ1) is 17.5. The molecule has 6 nitrogen and oxygen atoms in total. The third-order valence-corrected chi connectivity index (χ3v) is 4.06. The van der Waals surface area contributed by atoms with Gasteiger partial charge in [0.25, 0.3) is 0 Å². The molecule has 1 aliphatic heterocycles. The Hall–Kier alpha value is -2.34. The molecule has 1 N–H and O–H groups in total. The molecule has 3 rings (SSSR count). The Morgan fingerprint density at radius 1 is 1.20 bits per heavy atom. The molecule has 6 heteroatoms. The van der Waals surface area contributed by atoms with Crippen molar-refractivity contribution in [1.29, 1.82) is 0 Å². The van der Waals surface area contributed by atoms with Gasteiger partial charge in [-0.05, 0) is 37.5 Å². The molecule has 0 saturated heterocycles. The second-order valence-electron chi connectivity index (χ2n) is 7.57. The van der Waals surface area contributed by atoms with Crippen molar-refractivity contribution in [1.82, 2.24) is 20.0 Å². The Bertz CT molecular complexity index is 761. The zero-order valence-corrected chi connectivity index (χ0v) is 15.4. The van der Waals surface area contributed by atoms with Gasteiger partial charge in [-0.25, -0.2) is 4.79 Å². The molecular weight excluding hydrogens is 316 g/mol. The Labute approximate surface area is 148 Å². The average Bonchev–Trinajstić information content (AvgIpc) is 3.11. The number of nitrogens with one attached hydrogen (secondary N) is 1. The number of benzene rings is 1. The topological polar surface area (TPSA) is 59.4 Å². The van der Waals surface area contributed by atoms with Gasteiger partial charge in [-0.15, -0.1) is 0 Å². The molecule has 0 bridgehead atoms. The van der Waals surface area contributed by atoms with E-state index in [1.54, 1.807) is 9.58 Å². The second kappa shape index (κ2) is 6.88. The highest BCUT2D eigenvalue weighted by Crippen LogP contribution is 2.25. The van der Waals surface area contributed by atoms with Gasteiger partial charge < -0.3 is 10.1 Å². The smallest absolute Gasteiger partial charge is 0.410 e. The van der Waals surface area contributed by atoms with Crippen LogP contribution in [0, 0.1) is 0 Å². The number of nitrogens with zero attached hydrogens (tertiary/aromatic N) is 3. The fraction of sp³-hybridized carbons (Fsp3) is 0.474. The van der Waals surface area contributed by atoms with Gasteiger partial charge in [0, 0.05) is 45.0 Å². The minimum Gasteiger partial charge on any atom is -0.444 e. The summed E-state index contributed by atoms with van der Waals surface area (Å²) in [7, 11) is 1.92. The maximum absolute atomic E-state index is 12.2. The zero-order chi connectivity index (χ0) is 18.0. The quantitative estimate of drug-likeness (QED) is 0.928. The molecule has 0 spiro atoms. The average molecular weight is 342 g/mol. The van der Waals surface area contributed by atoms with Crippen LogP contribution in [0.15, 0.2) is 30.6 Å². The van der Waals surface area contributed by atoms with Gasteiger partial charge in [0.2, 0.25) is 0 Å². The first-order valence-corrected chi connectivity index (χ1v) is 8.57. The third kappa shape index (κ3) is 4.60. The summed E-state index contributed by atoms with van der Waals surface area (Å²) >= 11 is 0. The highest BCUT2D eigenvalue weighted by atomic mass is 16.6. The SMILES string of the molecule is Cn1cc(CNCc2ccc3c(c2)CN(C(=O)OC(C)(C)C)C3)cn1. The van der Waals surface area contributed by atoms with E-state index < -0.39 is 5.60 Å². The molecule has 2 heterocycles. The van der Waals surface area contributed by atoms with Crippen LogP contribution in [-0.2, 0) is 38.0 Å². The van der Waals surface area contributed by atoms with Crippen molar-refractivity contribution < 1.29 is 9.53 Å². The van der Waals surface area contributed by atoms with Crippen LogP contribution in [0.25, 0.3) is 0 Å². The maximum Gasteiger partial charge on any atom is 0.410 e. The van der Waals surface area contributed by atoms with Gasteiger partial charge >= 0.3 is 6.09 Å². The van der Waals surface area contributed by atoms with Crippen molar-refractivity contribution in [2.24, 2.45) is 7.05 Å². The van der Waals surface area contributed by atoms with Gasteiger partial charge in [0.1, 0.15) is 5.60 Å². The van der Waals surface area contributed by atoms with Crippen LogP contribution in [0.4, 0.5) is 4.79 Å². The van der Waals surface area contributed by atoms with E-state index in [0.717, 1.165) is 13.1 Å². The number of hydrogen-bond donors (Lipinski definition) is 1. The van der Waals surface area contributed by atoms with Crippen molar-refractivity contribution in [3.8, 4) is 0 Å². The minimum atomic E-state index is -0.465. The van der Waals surface area contributed by atoms with Crippen LogP contribution in [0.5, 0.6) is 0 Å². The number of fused-ring (bicyclic) bond motifs is 1.